The van der Waals surface area contributed by atoms with E-state index in [1.165, 1.54) is 0 Å². The third kappa shape index (κ3) is 3.68. The maximum atomic E-state index is 13.0. The highest BCUT2D eigenvalue weighted by molar-refractivity contribution is 7.88. The number of fused-ring (bicyclic) bond motifs is 1. The predicted molar refractivity (Wildman–Crippen MR) is 94.8 cm³/mol. The highest BCUT2D eigenvalue weighted by Gasteiger charge is 2.50. The van der Waals surface area contributed by atoms with Crippen LogP contribution in [0.4, 0.5) is 13.2 Å². The molecule has 27 heavy (non-hydrogen) atoms. The van der Waals surface area contributed by atoms with Crippen molar-refractivity contribution in [2.45, 2.75) is 51.0 Å². The van der Waals surface area contributed by atoms with E-state index in [0.29, 0.717) is 17.9 Å². The van der Waals surface area contributed by atoms with E-state index < -0.39 is 31.8 Å². The largest absolute Gasteiger partial charge is 0.534 e. The average Bonchev–Trinajstić information content (AvgIpc) is 3.11. The fourth-order valence-electron chi connectivity index (χ4n) is 4.08. The van der Waals surface area contributed by atoms with E-state index >= 15 is 0 Å². The lowest BCUT2D eigenvalue weighted by atomic mass is 9.77. The second kappa shape index (κ2) is 6.81. The van der Waals surface area contributed by atoms with Crippen LogP contribution in [0.15, 0.2) is 6.07 Å². The van der Waals surface area contributed by atoms with Gasteiger partial charge in [-0.2, -0.15) is 21.6 Å². The number of alkyl halides is 3. The average molecular weight is 445 g/mol. The van der Waals surface area contributed by atoms with Crippen LogP contribution in [-0.4, -0.2) is 19.7 Å². The minimum atomic E-state index is -5.90. The smallest absolute Gasteiger partial charge is 0.374 e. The summed E-state index contributed by atoms with van der Waals surface area (Å²) in [5.41, 5.74) is -5.86. The first-order valence-corrected chi connectivity index (χ1v) is 10.6. The highest BCUT2D eigenvalue weighted by atomic mass is 35.5. The third-order valence-electron chi connectivity index (χ3n) is 5.31. The molecule has 1 aromatic carbocycles. The Bertz CT molecular complexity index is 892. The van der Waals surface area contributed by atoms with Gasteiger partial charge in [0.15, 0.2) is 11.5 Å². The van der Waals surface area contributed by atoms with Crippen molar-refractivity contribution in [2.75, 3.05) is 0 Å². The second-order valence-corrected chi connectivity index (χ2v) is 9.73. The molecule has 1 aromatic rings. The lowest BCUT2D eigenvalue weighted by Gasteiger charge is -2.25. The molecule has 1 unspecified atom stereocenters. The summed E-state index contributed by atoms with van der Waals surface area (Å²) in [6.07, 6.45) is 5.18. The third-order valence-corrected chi connectivity index (χ3v) is 7.12. The van der Waals surface area contributed by atoms with Crippen molar-refractivity contribution in [1.29, 1.82) is 0 Å². The summed E-state index contributed by atoms with van der Waals surface area (Å²) in [4.78, 5) is 13.0. The number of benzene rings is 1. The quantitative estimate of drug-likeness (QED) is 0.451. The monoisotopic (exact) mass is 444 g/mol. The van der Waals surface area contributed by atoms with Crippen molar-refractivity contribution < 1.29 is 30.6 Å². The second-order valence-electron chi connectivity index (χ2n) is 7.44. The van der Waals surface area contributed by atoms with E-state index in [1.54, 1.807) is 6.92 Å². The molecule has 1 atom stereocenters. The number of carbonyl (C=O) groups excluding carboxylic acids is 1. The molecule has 0 aromatic heterocycles. The zero-order valence-corrected chi connectivity index (χ0v) is 16.7. The van der Waals surface area contributed by atoms with Gasteiger partial charge in [0.1, 0.15) is 5.02 Å². The van der Waals surface area contributed by atoms with Crippen molar-refractivity contribution in [1.82, 2.24) is 0 Å². The minimum absolute atomic E-state index is 0.138. The molecule has 1 saturated carbocycles. The fourth-order valence-corrected chi connectivity index (χ4v) is 5.08. The fraction of sp³-hybridized carbons (Fsp3) is 0.588. The van der Waals surface area contributed by atoms with Gasteiger partial charge in [0.2, 0.25) is 0 Å². The molecule has 1 fully saturated rings. The molecule has 4 nitrogen and oxygen atoms in total. The standard InChI is InChI=1S/C17H17Cl2F3O4S/c1-16(7-9-4-2-3-5-9)8-10-6-11(26-27(24,25)17(20,21)22)13(18)14(19)12(10)15(16)23/h6,9H,2-5,7-8H2,1H3. The van der Waals surface area contributed by atoms with Crippen molar-refractivity contribution >= 4 is 39.1 Å². The Balaban J connectivity index is 1.96. The number of halogens is 5. The molecular formula is C17H17Cl2F3O4S. The number of ketones is 1. The maximum Gasteiger partial charge on any atom is 0.534 e. The van der Waals surface area contributed by atoms with Gasteiger partial charge in [-0.1, -0.05) is 55.8 Å². The normalized spacial score (nSPS) is 23.7. The van der Waals surface area contributed by atoms with E-state index in [0.717, 1.165) is 31.7 Å². The molecule has 0 amide bonds. The van der Waals surface area contributed by atoms with Gasteiger partial charge in [0.05, 0.1) is 5.02 Å². The van der Waals surface area contributed by atoms with Crippen molar-refractivity contribution in [2.24, 2.45) is 11.3 Å². The first-order chi connectivity index (χ1) is 12.4. The number of rotatable bonds is 4. The SMILES string of the molecule is CC1(CC2CCCC2)Cc2cc(OS(=O)(=O)C(F)(F)F)c(Cl)c(Cl)c2C1=O. The molecule has 0 aliphatic heterocycles. The van der Waals surface area contributed by atoms with Gasteiger partial charge in [-0.25, -0.2) is 0 Å². The summed E-state index contributed by atoms with van der Waals surface area (Å²) in [7, 11) is -5.90. The van der Waals surface area contributed by atoms with Crippen molar-refractivity contribution in [3.8, 4) is 5.75 Å². The summed E-state index contributed by atoms with van der Waals surface area (Å²) in [5.74, 6) is -0.541. The Hall–Kier alpha value is -0.990. The van der Waals surface area contributed by atoms with E-state index in [9.17, 15) is 26.4 Å². The van der Waals surface area contributed by atoms with Crippen LogP contribution in [-0.2, 0) is 16.5 Å². The topological polar surface area (TPSA) is 60.4 Å². The van der Waals surface area contributed by atoms with Gasteiger partial charge < -0.3 is 4.18 Å². The van der Waals surface area contributed by atoms with Crippen LogP contribution in [0.5, 0.6) is 5.75 Å². The van der Waals surface area contributed by atoms with Crippen LogP contribution in [0.25, 0.3) is 0 Å². The molecule has 2 aliphatic rings. The molecule has 0 bridgehead atoms. The Morgan fingerprint density at radius 1 is 1.22 bits per heavy atom. The number of carbonyl (C=O) groups is 1. The van der Waals surface area contributed by atoms with Gasteiger partial charge in [-0.05, 0) is 30.4 Å². The first kappa shape index (κ1) is 20.7. The summed E-state index contributed by atoms with van der Waals surface area (Å²) in [6.45, 7) is 1.80. The molecule has 2 aliphatic carbocycles. The molecular weight excluding hydrogens is 428 g/mol. The van der Waals surface area contributed by atoms with Gasteiger partial charge in [0.25, 0.3) is 0 Å². The van der Waals surface area contributed by atoms with Gasteiger partial charge >= 0.3 is 15.6 Å². The predicted octanol–water partition coefficient (Wildman–Crippen LogP) is 5.55. The molecule has 150 valence electrons. The van der Waals surface area contributed by atoms with Crippen LogP contribution >= 0.6 is 23.2 Å². The molecule has 10 heteroatoms. The zero-order valence-electron chi connectivity index (χ0n) is 14.3. The summed E-state index contributed by atoms with van der Waals surface area (Å²) >= 11 is 12.0. The molecule has 0 radical (unpaired) electrons. The number of Topliss-reactive ketones (excluding diaryl/α,β-unsaturated/α-hetero) is 1. The van der Waals surface area contributed by atoms with E-state index in [-0.39, 0.29) is 22.8 Å². The Labute approximate surface area is 165 Å². The van der Waals surface area contributed by atoms with Crippen LogP contribution in [0.1, 0.15) is 54.9 Å². The maximum absolute atomic E-state index is 13.0. The highest BCUT2D eigenvalue weighted by Crippen LogP contribution is 2.50. The van der Waals surface area contributed by atoms with E-state index in [4.69, 9.17) is 23.2 Å². The summed E-state index contributed by atoms with van der Waals surface area (Å²) in [6, 6.07) is 1.07. The van der Waals surface area contributed by atoms with Crippen molar-refractivity contribution in [3.63, 3.8) is 0 Å². The Morgan fingerprint density at radius 2 is 1.81 bits per heavy atom. The van der Waals surface area contributed by atoms with Crippen LogP contribution in [0.2, 0.25) is 10.0 Å². The van der Waals surface area contributed by atoms with Gasteiger partial charge in [-0.3, -0.25) is 4.79 Å². The van der Waals surface area contributed by atoms with Gasteiger partial charge in [-0.15, -0.1) is 0 Å². The summed E-state index contributed by atoms with van der Waals surface area (Å²) < 4.78 is 64.5. The lowest BCUT2D eigenvalue weighted by Crippen LogP contribution is -2.28. The molecule has 0 saturated heterocycles. The molecule has 3 rings (SSSR count). The van der Waals surface area contributed by atoms with Gasteiger partial charge in [0, 0.05) is 11.0 Å². The molecule has 0 spiro atoms. The minimum Gasteiger partial charge on any atom is -0.374 e. The van der Waals surface area contributed by atoms with E-state index in [1.807, 2.05) is 0 Å². The zero-order chi connectivity index (χ0) is 20.2. The molecule has 0 heterocycles. The summed E-state index contributed by atoms with van der Waals surface area (Å²) in [5, 5.41) is -0.802. The van der Waals surface area contributed by atoms with Crippen LogP contribution < -0.4 is 4.18 Å². The Morgan fingerprint density at radius 3 is 2.37 bits per heavy atom. The van der Waals surface area contributed by atoms with E-state index in [2.05, 4.69) is 4.18 Å². The number of hydrogen-bond acceptors (Lipinski definition) is 4. The Kier molecular flexibility index (Phi) is 5.23. The molecule has 0 N–H and O–H groups in total. The van der Waals surface area contributed by atoms with Crippen molar-refractivity contribution in [3.05, 3.63) is 27.2 Å². The van der Waals surface area contributed by atoms with Crippen LogP contribution in [0, 0.1) is 11.3 Å². The van der Waals surface area contributed by atoms with Crippen LogP contribution in [0.3, 0.4) is 0 Å². The first-order valence-electron chi connectivity index (χ1n) is 8.42. The number of hydrogen-bond donors (Lipinski definition) is 0. The lowest BCUT2D eigenvalue weighted by molar-refractivity contribution is -0.0500.